The second kappa shape index (κ2) is 6.76. The molecule has 1 rings (SSSR count). The number of rotatable bonds is 5. The normalized spacial score (nSPS) is 21.7. The van der Waals surface area contributed by atoms with Crippen molar-refractivity contribution < 1.29 is 14.3 Å². The van der Waals surface area contributed by atoms with Gasteiger partial charge in [-0.05, 0) is 27.1 Å². The van der Waals surface area contributed by atoms with Crippen LogP contribution in [0.5, 0.6) is 0 Å². The Morgan fingerprint density at radius 2 is 2.27 bits per heavy atom. The van der Waals surface area contributed by atoms with Crippen LogP contribution in [0.4, 0.5) is 0 Å². The van der Waals surface area contributed by atoms with E-state index in [-0.39, 0.29) is 5.91 Å². The van der Waals surface area contributed by atoms with Crippen molar-refractivity contribution in [3.63, 3.8) is 0 Å². The zero-order valence-corrected chi connectivity index (χ0v) is 9.49. The number of hydrogen-bond donors (Lipinski definition) is 1. The summed E-state index contributed by atoms with van der Waals surface area (Å²) in [7, 11) is 4.03. The Labute approximate surface area is 90.7 Å². The lowest BCUT2D eigenvalue weighted by Gasteiger charge is -2.22. The van der Waals surface area contributed by atoms with E-state index < -0.39 is 6.10 Å². The molecule has 1 aliphatic heterocycles. The first-order valence-corrected chi connectivity index (χ1v) is 5.32. The molecule has 1 heterocycles. The van der Waals surface area contributed by atoms with Crippen molar-refractivity contribution in [2.45, 2.75) is 12.5 Å². The highest BCUT2D eigenvalue weighted by atomic mass is 16.6. The molecule has 0 aromatic heterocycles. The molecule has 5 heteroatoms. The van der Waals surface area contributed by atoms with Gasteiger partial charge in [-0.1, -0.05) is 0 Å². The number of hydrogen-bond acceptors (Lipinski definition) is 4. The second-order valence-electron chi connectivity index (χ2n) is 3.88. The molecule has 1 unspecified atom stereocenters. The van der Waals surface area contributed by atoms with E-state index in [0.29, 0.717) is 26.4 Å². The number of nitrogens with one attached hydrogen (secondary N) is 1. The maximum Gasteiger partial charge on any atom is 0.251 e. The summed E-state index contributed by atoms with van der Waals surface area (Å²) in [6.07, 6.45) is 0.532. The molecule has 1 saturated heterocycles. The molecule has 15 heavy (non-hydrogen) atoms. The molecule has 0 aromatic rings. The summed E-state index contributed by atoms with van der Waals surface area (Å²) in [5.41, 5.74) is 0. The molecule has 1 aliphatic rings. The van der Waals surface area contributed by atoms with Crippen LogP contribution in [-0.4, -0.2) is 63.9 Å². The molecule has 0 bridgehead atoms. The molecule has 0 spiro atoms. The summed E-state index contributed by atoms with van der Waals surface area (Å²) in [5.74, 6) is -0.0616. The van der Waals surface area contributed by atoms with Crippen molar-refractivity contribution in [3.8, 4) is 0 Å². The molecular formula is C10H20N2O3. The van der Waals surface area contributed by atoms with Crippen molar-refractivity contribution in [1.82, 2.24) is 10.2 Å². The molecule has 1 N–H and O–H groups in total. The molecule has 0 aromatic carbocycles. The van der Waals surface area contributed by atoms with Gasteiger partial charge in [0.1, 0.15) is 0 Å². The Hall–Kier alpha value is -0.650. The first-order chi connectivity index (χ1) is 7.20. The molecule has 0 aliphatic carbocycles. The van der Waals surface area contributed by atoms with E-state index >= 15 is 0 Å². The predicted octanol–water partition coefficient (Wildman–Crippen LogP) is -0.530. The van der Waals surface area contributed by atoms with Gasteiger partial charge in [0.15, 0.2) is 6.10 Å². The topological polar surface area (TPSA) is 50.8 Å². The number of carbonyl (C=O) groups excluding carboxylic acids is 1. The maximum atomic E-state index is 11.5. The highest BCUT2D eigenvalue weighted by Crippen LogP contribution is 2.00. The lowest BCUT2D eigenvalue weighted by molar-refractivity contribution is -0.147. The summed E-state index contributed by atoms with van der Waals surface area (Å²) >= 11 is 0. The average Bonchev–Trinajstić information content (AvgIpc) is 2.25. The van der Waals surface area contributed by atoms with E-state index in [1.54, 1.807) is 0 Å². The Morgan fingerprint density at radius 1 is 1.47 bits per heavy atom. The van der Waals surface area contributed by atoms with Crippen molar-refractivity contribution in [2.24, 2.45) is 0 Å². The highest BCUT2D eigenvalue weighted by molar-refractivity contribution is 5.80. The Morgan fingerprint density at radius 3 is 2.87 bits per heavy atom. The fourth-order valence-corrected chi connectivity index (χ4v) is 1.36. The summed E-state index contributed by atoms with van der Waals surface area (Å²) in [4.78, 5) is 13.6. The first kappa shape index (κ1) is 12.4. The van der Waals surface area contributed by atoms with Gasteiger partial charge in [-0.15, -0.1) is 0 Å². The summed E-state index contributed by atoms with van der Waals surface area (Å²) in [5, 5.41) is 2.84. The zero-order chi connectivity index (χ0) is 11.1. The minimum atomic E-state index is -0.418. The maximum absolute atomic E-state index is 11.5. The molecule has 1 atom stereocenters. The third kappa shape index (κ3) is 5.11. The number of carbonyl (C=O) groups is 1. The Kier molecular flexibility index (Phi) is 5.60. The lowest BCUT2D eigenvalue weighted by atomic mass is 10.3. The third-order valence-electron chi connectivity index (χ3n) is 2.19. The highest BCUT2D eigenvalue weighted by Gasteiger charge is 2.21. The van der Waals surface area contributed by atoms with Gasteiger partial charge < -0.3 is 19.7 Å². The minimum Gasteiger partial charge on any atom is -0.376 e. The van der Waals surface area contributed by atoms with Gasteiger partial charge in [-0.2, -0.15) is 0 Å². The van der Waals surface area contributed by atoms with Crippen LogP contribution >= 0.6 is 0 Å². The van der Waals surface area contributed by atoms with Gasteiger partial charge in [0, 0.05) is 6.54 Å². The van der Waals surface area contributed by atoms with Crippen molar-refractivity contribution in [1.29, 1.82) is 0 Å². The lowest BCUT2D eigenvalue weighted by Crippen LogP contribution is -2.43. The van der Waals surface area contributed by atoms with E-state index in [2.05, 4.69) is 10.2 Å². The van der Waals surface area contributed by atoms with Gasteiger partial charge in [-0.3, -0.25) is 4.79 Å². The van der Waals surface area contributed by atoms with Crippen LogP contribution in [0.25, 0.3) is 0 Å². The molecule has 88 valence electrons. The average molecular weight is 216 g/mol. The van der Waals surface area contributed by atoms with E-state index in [4.69, 9.17) is 9.47 Å². The minimum absolute atomic E-state index is 0.0616. The van der Waals surface area contributed by atoms with Crippen molar-refractivity contribution in [2.75, 3.05) is 47.0 Å². The Bertz CT molecular complexity index is 191. The monoisotopic (exact) mass is 216 g/mol. The molecule has 1 amide bonds. The third-order valence-corrected chi connectivity index (χ3v) is 2.19. The molecular weight excluding hydrogens is 196 g/mol. The fraction of sp³-hybridized carbons (Fsp3) is 0.900. The van der Waals surface area contributed by atoms with Crippen LogP contribution in [0.2, 0.25) is 0 Å². The van der Waals surface area contributed by atoms with Gasteiger partial charge >= 0.3 is 0 Å². The largest absolute Gasteiger partial charge is 0.376 e. The van der Waals surface area contributed by atoms with Crippen LogP contribution in [0.1, 0.15) is 6.42 Å². The standard InChI is InChI=1S/C10H20N2O3/c1-12(2)5-3-4-11-10(13)9-8-14-6-7-15-9/h9H,3-8H2,1-2H3,(H,11,13). The predicted molar refractivity (Wildman–Crippen MR) is 56.7 cm³/mol. The number of nitrogens with zero attached hydrogens (tertiary/aromatic N) is 1. The first-order valence-electron chi connectivity index (χ1n) is 5.32. The van der Waals surface area contributed by atoms with Gasteiger partial charge in [0.05, 0.1) is 19.8 Å². The summed E-state index contributed by atoms with van der Waals surface area (Å²) < 4.78 is 10.4. The van der Waals surface area contributed by atoms with E-state index in [1.165, 1.54) is 0 Å². The zero-order valence-electron chi connectivity index (χ0n) is 9.49. The SMILES string of the molecule is CN(C)CCCNC(=O)C1COCCO1. The van der Waals surface area contributed by atoms with Crippen molar-refractivity contribution >= 4 is 5.91 Å². The molecule has 5 nitrogen and oxygen atoms in total. The van der Waals surface area contributed by atoms with Crippen molar-refractivity contribution in [3.05, 3.63) is 0 Å². The molecule has 0 radical (unpaired) electrons. The van der Waals surface area contributed by atoms with E-state index in [1.807, 2.05) is 14.1 Å². The molecule has 0 saturated carbocycles. The van der Waals surface area contributed by atoms with Gasteiger partial charge in [0.2, 0.25) is 0 Å². The van der Waals surface area contributed by atoms with Crippen LogP contribution < -0.4 is 5.32 Å². The van der Waals surface area contributed by atoms with Gasteiger partial charge in [0.25, 0.3) is 5.91 Å². The fourth-order valence-electron chi connectivity index (χ4n) is 1.36. The van der Waals surface area contributed by atoms with Crippen LogP contribution in [0.3, 0.4) is 0 Å². The van der Waals surface area contributed by atoms with Crippen LogP contribution in [-0.2, 0) is 14.3 Å². The summed E-state index contributed by atoms with van der Waals surface area (Å²) in [6, 6.07) is 0. The smallest absolute Gasteiger partial charge is 0.251 e. The van der Waals surface area contributed by atoms with Gasteiger partial charge in [-0.25, -0.2) is 0 Å². The molecule has 1 fully saturated rings. The van der Waals surface area contributed by atoms with E-state index in [9.17, 15) is 4.79 Å². The Balaban J connectivity index is 2.07. The quantitative estimate of drug-likeness (QED) is 0.628. The second-order valence-corrected chi connectivity index (χ2v) is 3.88. The number of ether oxygens (including phenoxy) is 2. The number of amides is 1. The van der Waals surface area contributed by atoms with Crippen LogP contribution in [0, 0.1) is 0 Å². The van der Waals surface area contributed by atoms with Crippen LogP contribution in [0.15, 0.2) is 0 Å². The summed E-state index contributed by atoms with van der Waals surface area (Å²) in [6.45, 7) is 3.14. The van der Waals surface area contributed by atoms with E-state index in [0.717, 1.165) is 13.0 Å².